The zero-order valence-corrected chi connectivity index (χ0v) is 19.5. The van der Waals surface area contributed by atoms with E-state index in [1.54, 1.807) is 0 Å². The van der Waals surface area contributed by atoms with Gasteiger partial charge in [0.15, 0.2) is 0 Å². The van der Waals surface area contributed by atoms with Crippen molar-refractivity contribution < 1.29 is 17.9 Å². The van der Waals surface area contributed by atoms with Crippen LogP contribution in [0.3, 0.4) is 0 Å². The second kappa shape index (κ2) is 6.77. The van der Waals surface area contributed by atoms with Gasteiger partial charge in [-0.15, -0.1) is 0 Å². The van der Waals surface area contributed by atoms with Crippen molar-refractivity contribution >= 4 is 31.1 Å². The van der Waals surface area contributed by atoms with E-state index in [1.807, 2.05) is 0 Å². The second-order valence-electron chi connectivity index (χ2n) is 7.72. The first-order chi connectivity index (χ1) is 12.4. The molecule has 0 amide bonds. The third-order valence-corrected chi connectivity index (χ3v) is 20.4. The number of fused-ring (bicyclic) bond motifs is 3. The van der Waals surface area contributed by atoms with Gasteiger partial charge in [-0.1, -0.05) is 0 Å². The maximum absolute atomic E-state index is 7.40. The van der Waals surface area contributed by atoms with Crippen LogP contribution >= 0.6 is 17.0 Å². The number of allylic oxidation sites excluding steroid dienone is 5. The van der Waals surface area contributed by atoms with Crippen LogP contribution < -0.4 is 0 Å². The predicted molar refractivity (Wildman–Crippen MR) is 112 cm³/mol. The summed E-state index contributed by atoms with van der Waals surface area (Å²) in [6.07, 6.45) is 10.2. The molecule has 26 heavy (non-hydrogen) atoms. The standard InChI is InChI=1S/C13H9.C10H15.2ClH.Zr/c1-2-6-12-10(4-1)8-9-11-5-3-7-13(11)12;1-4-5-10-6-8(2)9(3)7-10;;;/h1-4,6,8-9H,5H2;6-7H,4-5H2,1-3H3;2*1H;/q;;;;+2/p-2. The first-order valence-electron chi connectivity index (χ1n) is 9.38. The van der Waals surface area contributed by atoms with E-state index in [1.165, 1.54) is 36.3 Å². The van der Waals surface area contributed by atoms with Gasteiger partial charge in [0.2, 0.25) is 0 Å². The van der Waals surface area contributed by atoms with E-state index in [2.05, 4.69) is 75.4 Å². The molecule has 0 N–H and O–H groups in total. The summed E-state index contributed by atoms with van der Waals surface area (Å²) in [5.41, 5.74) is 5.40. The van der Waals surface area contributed by atoms with E-state index in [0.717, 1.165) is 19.3 Å². The predicted octanol–water partition coefficient (Wildman–Crippen LogP) is 8.06. The summed E-state index contributed by atoms with van der Waals surface area (Å²) in [6.45, 7) is 6.69. The van der Waals surface area contributed by atoms with Gasteiger partial charge in [0.1, 0.15) is 0 Å². The van der Waals surface area contributed by atoms with Gasteiger partial charge in [-0.05, 0) is 0 Å². The van der Waals surface area contributed by atoms with Crippen LogP contribution in [-0.2, 0) is 24.3 Å². The van der Waals surface area contributed by atoms with Crippen LogP contribution in [0.15, 0.2) is 65.8 Å². The van der Waals surface area contributed by atoms with E-state index in [-0.39, 0.29) is 3.12 Å². The summed E-state index contributed by atoms with van der Waals surface area (Å²) < 4.78 is 1.07. The molecule has 134 valence electrons. The fourth-order valence-corrected chi connectivity index (χ4v) is 14.9. The molecule has 3 heteroatoms. The normalized spacial score (nSPS) is 22.3. The number of benzene rings is 2. The zero-order chi connectivity index (χ0) is 18.5. The molecule has 0 saturated carbocycles. The van der Waals surface area contributed by atoms with Crippen LogP contribution in [0.2, 0.25) is 3.12 Å². The molecule has 0 aromatic heterocycles. The quantitative estimate of drug-likeness (QED) is 0.431. The first kappa shape index (κ1) is 18.7. The fourth-order valence-electron chi connectivity index (χ4n) is 4.41. The van der Waals surface area contributed by atoms with Crippen LogP contribution in [0.4, 0.5) is 0 Å². The number of hydrogen-bond acceptors (Lipinski definition) is 0. The van der Waals surface area contributed by atoms with Crippen LogP contribution in [-0.4, -0.2) is 0 Å². The minimum absolute atomic E-state index is 0.188. The summed E-state index contributed by atoms with van der Waals surface area (Å²) in [4.78, 5) is 0. The molecule has 2 aromatic carbocycles. The SMILES string of the molecule is CCCC1=C[C](C)([Zr]([Cl])([Cl])[C]2=CCc3ccc4ccccc4c32)C(C)=C1. The monoisotopic (exact) mass is 460 g/mol. The van der Waals surface area contributed by atoms with Gasteiger partial charge in [-0.25, -0.2) is 0 Å². The zero-order valence-electron chi connectivity index (χ0n) is 15.6. The third kappa shape index (κ3) is 2.74. The molecular formula is C23H24Cl2Zr. The van der Waals surface area contributed by atoms with E-state index in [0.29, 0.717) is 0 Å². The molecule has 0 radical (unpaired) electrons. The summed E-state index contributed by atoms with van der Waals surface area (Å²) in [7, 11) is 14.8. The van der Waals surface area contributed by atoms with Crippen molar-refractivity contribution in [3.05, 3.63) is 76.9 Å². The molecular weight excluding hydrogens is 438 g/mol. The van der Waals surface area contributed by atoms with Gasteiger partial charge < -0.3 is 0 Å². The van der Waals surface area contributed by atoms with Gasteiger partial charge in [-0.2, -0.15) is 0 Å². The Balaban J connectivity index is 1.86. The van der Waals surface area contributed by atoms with Crippen LogP contribution in [0, 0.1) is 0 Å². The van der Waals surface area contributed by atoms with E-state index < -0.39 is 17.9 Å². The Kier molecular flexibility index (Phi) is 4.88. The molecule has 0 saturated heterocycles. The van der Waals surface area contributed by atoms with Crippen molar-refractivity contribution in [3.8, 4) is 0 Å². The summed E-state index contributed by atoms with van der Waals surface area (Å²) in [6, 6.07) is 13.0. The second-order valence-corrected chi connectivity index (χ2v) is 22.3. The van der Waals surface area contributed by atoms with E-state index in [4.69, 9.17) is 17.0 Å². The summed E-state index contributed by atoms with van der Waals surface area (Å²) in [5, 5.41) is 2.55. The van der Waals surface area contributed by atoms with E-state index >= 15 is 0 Å². The molecule has 1 unspecified atom stereocenters. The van der Waals surface area contributed by atoms with Gasteiger partial charge in [0, 0.05) is 0 Å². The summed E-state index contributed by atoms with van der Waals surface area (Å²) in [5.74, 6) is 0. The average Bonchev–Trinajstić information content (AvgIpc) is 3.18. The van der Waals surface area contributed by atoms with Crippen LogP contribution in [0.5, 0.6) is 0 Å². The number of hydrogen-bond donors (Lipinski definition) is 0. The Morgan fingerprint density at radius 3 is 2.65 bits per heavy atom. The van der Waals surface area contributed by atoms with Gasteiger partial charge >= 0.3 is 169 Å². The molecule has 0 heterocycles. The topological polar surface area (TPSA) is 0 Å². The molecule has 4 rings (SSSR count). The number of rotatable bonds is 4. The molecule has 0 aliphatic heterocycles. The van der Waals surface area contributed by atoms with Crippen molar-refractivity contribution in [2.24, 2.45) is 0 Å². The Morgan fingerprint density at radius 2 is 1.88 bits per heavy atom. The fraction of sp³-hybridized carbons (Fsp3) is 0.304. The van der Waals surface area contributed by atoms with Gasteiger partial charge in [0.25, 0.3) is 0 Å². The molecule has 0 bridgehead atoms. The molecule has 2 aliphatic carbocycles. The van der Waals surface area contributed by atoms with Crippen molar-refractivity contribution in [1.82, 2.24) is 0 Å². The number of halogens is 2. The maximum atomic E-state index is 7.40. The van der Waals surface area contributed by atoms with Crippen molar-refractivity contribution in [1.29, 1.82) is 0 Å². The van der Waals surface area contributed by atoms with E-state index in [9.17, 15) is 0 Å². The minimum atomic E-state index is -3.73. The third-order valence-electron chi connectivity index (χ3n) is 6.04. The van der Waals surface area contributed by atoms with Crippen molar-refractivity contribution in [3.63, 3.8) is 0 Å². The van der Waals surface area contributed by atoms with Gasteiger partial charge in [-0.3, -0.25) is 0 Å². The van der Waals surface area contributed by atoms with Crippen LogP contribution in [0.25, 0.3) is 14.1 Å². The van der Waals surface area contributed by atoms with Crippen molar-refractivity contribution in [2.75, 3.05) is 0 Å². The Morgan fingerprint density at radius 1 is 1.12 bits per heavy atom. The Hall–Kier alpha value is -0.617. The molecule has 0 nitrogen and oxygen atoms in total. The average molecular weight is 463 g/mol. The first-order valence-corrected chi connectivity index (χ1v) is 18.2. The van der Waals surface area contributed by atoms with Gasteiger partial charge in [0.05, 0.1) is 0 Å². The van der Waals surface area contributed by atoms with Crippen LogP contribution in [0.1, 0.15) is 44.7 Å². The Bertz CT molecular complexity index is 981. The van der Waals surface area contributed by atoms with Crippen molar-refractivity contribution in [2.45, 2.75) is 43.2 Å². The molecule has 2 aromatic rings. The molecule has 1 atom stereocenters. The molecule has 2 aliphatic rings. The summed E-state index contributed by atoms with van der Waals surface area (Å²) >= 11 is -3.73. The molecule has 0 fully saturated rings. The Labute approximate surface area is 168 Å². The molecule has 0 spiro atoms.